The van der Waals surface area contributed by atoms with Gasteiger partial charge in [0.15, 0.2) is 0 Å². The van der Waals surface area contributed by atoms with Gasteiger partial charge in [0.1, 0.15) is 19.4 Å². The molecule has 166 valence electrons. The summed E-state index contributed by atoms with van der Waals surface area (Å²) in [5.41, 5.74) is 0.433. The molecule has 0 saturated carbocycles. The van der Waals surface area contributed by atoms with Crippen LogP contribution >= 0.6 is 22.7 Å². The SMILES string of the molecule is COC(=O)c1sc2ncn(CCn3cnc4sc(C(=O)OC)c(C)c4c3=O)c(=O)c2c1C. The molecule has 4 heterocycles. The van der Waals surface area contributed by atoms with E-state index in [2.05, 4.69) is 9.97 Å². The van der Waals surface area contributed by atoms with Crippen molar-refractivity contribution in [3.8, 4) is 0 Å². The highest BCUT2D eigenvalue weighted by Crippen LogP contribution is 2.28. The minimum atomic E-state index is -0.514. The summed E-state index contributed by atoms with van der Waals surface area (Å²) in [7, 11) is 2.56. The number of aromatic nitrogens is 4. The van der Waals surface area contributed by atoms with E-state index in [1.54, 1.807) is 13.8 Å². The molecular weight excluding hydrogens is 456 g/mol. The van der Waals surface area contributed by atoms with Crippen molar-refractivity contribution >= 4 is 55.0 Å². The van der Waals surface area contributed by atoms with Crippen molar-refractivity contribution in [3.63, 3.8) is 0 Å². The zero-order valence-electron chi connectivity index (χ0n) is 17.6. The number of thiophene rings is 2. The van der Waals surface area contributed by atoms with Gasteiger partial charge in [-0.05, 0) is 25.0 Å². The fourth-order valence-electron chi connectivity index (χ4n) is 3.43. The number of esters is 2. The zero-order valence-corrected chi connectivity index (χ0v) is 19.3. The maximum atomic E-state index is 13.0. The molecule has 0 bridgehead atoms. The number of nitrogens with zero attached hydrogens (tertiary/aromatic N) is 4. The van der Waals surface area contributed by atoms with Gasteiger partial charge in [-0.2, -0.15) is 0 Å². The molecule has 10 nitrogen and oxygen atoms in total. The number of carbonyl (C=O) groups is 2. The van der Waals surface area contributed by atoms with Crippen molar-refractivity contribution in [2.24, 2.45) is 0 Å². The number of methoxy groups -OCH3 is 2. The molecule has 0 fully saturated rings. The van der Waals surface area contributed by atoms with Crippen LogP contribution in [0.3, 0.4) is 0 Å². The largest absolute Gasteiger partial charge is 0.465 e. The number of hydrogen-bond donors (Lipinski definition) is 0. The Kier molecular flexibility index (Phi) is 5.65. The summed E-state index contributed by atoms with van der Waals surface area (Å²) < 4.78 is 12.3. The fourth-order valence-corrected chi connectivity index (χ4v) is 5.54. The van der Waals surface area contributed by atoms with Gasteiger partial charge in [0.25, 0.3) is 11.1 Å². The first-order chi connectivity index (χ1) is 15.3. The van der Waals surface area contributed by atoms with Gasteiger partial charge >= 0.3 is 11.9 Å². The van der Waals surface area contributed by atoms with Gasteiger partial charge < -0.3 is 9.47 Å². The Hall–Kier alpha value is -3.38. The third-order valence-corrected chi connectivity index (χ3v) is 7.52. The number of hydrogen-bond acceptors (Lipinski definition) is 10. The quantitative estimate of drug-likeness (QED) is 0.403. The maximum absolute atomic E-state index is 13.0. The average molecular weight is 475 g/mol. The van der Waals surface area contributed by atoms with Crippen molar-refractivity contribution < 1.29 is 19.1 Å². The highest BCUT2D eigenvalue weighted by atomic mass is 32.1. The Morgan fingerprint density at radius 2 is 1.19 bits per heavy atom. The van der Waals surface area contributed by atoms with Crippen LogP contribution in [-0.4, -0.2) is 45.3 Å². The molecular formula is C20H18N4O6S2. The highest BCUT2D eigenvalue weighted by Gasteiger charge is 2.21. The first-order valence-electron chi connectivity index (χ1n) is 9.42. The first kappa shape index (κ1) is 21.8. The second kappa shape index (κ2) is 8.28. The number of rotatable bonds is 5. The molecule has 0 atom stereocenters. The first-order valence-corrected chi connectivity index (χ1v) is 11.1. The summed E-state index contributed by atoms with van der Waals surface area (Å²) in [5.74, 6) is -1.03. The van der Waals surface area contributed by atoms with Crippen LogP contribution in [0.2, 0.25) is 0 Å². The van der Waals surface area contributed by atoms with Crippen LogP contribution < -0.4 is 11.1 Å². The molecule has 0 aliphatic carbocycles. The van der Waals surface area contributed by atoms with E-state index >= 15 is 0 Å². The van der Waals surface area contributed by atoms with E-state index in [0.29, 0.717) is 41.3 Å². The predicted molar refractivity (Wildman–Crippen MR) is 120 cm³/mol. The van der Waals surface area contributed by atoms with Crippen LogP contribution in [-0.2, 0) is 22.6 Å². The molecule has 0 amide bonds. The van der Waals surface area contributed by atoms with E-state index in [1.165, 1.54) is 36.0 Å². The van der Waals surface area contributed by atoms with Gasteiger partial charge in [-0.3, -0.25) is 18.7 Å². The monoisotopic (exact) mass is 474 g/mol. The second-order valence-electron chi connectivity index (χ2n) is 6.94. The minimum absolute atomic E-state index is 0.171. The minimum Gasteiger partial charge on any atom is -0.465 e. The Morgan fingerprint density at radius 3 is 1.53 bits per heavy atom. The molecule has 0 saturated heterocycles. The topological polar surface area (TPSA) is 122 Å². The lowest BCUT2D eigenvalue weighted by Crippen LogP contribution is -2.27. The number of carbonyl (C=O) groups excluding carboxylic acids is 2. The van der Waals surface area contributed by atoms with Gasteiger partial charge in [0.05, 0.1) is 37.6 Å². The molecule has 0 N–H and O–H groups in total. The molecule has 12 heteroatoms. The number of fused-ring (bicyclic) bond motifs is 2. The van der Waals surface area contributed by atoms with Gasteiger partial charge in [-0.15, -0.1) is 22.7 Å². The van der Waals surface area contributed by atoms with Gasteiger partial charge in [0.2, 0.25) is 0 Å². The van der Waals surface area contributed by atoms with Crippen molar-refractivity contribution in [1.82, 2.24) is 19.1 Å². The van der Waals surface area contributed by atoms with E-state index < -0.39 is 11.9 Å². The fraction of sp³-hybridized carbons (Fsp3) is 0.300. The van der Waals surface area contributed by atoms with Gasteiger partial charge in [-0.25, -0.2) is 19.6 Å². The van der Waals surface area contributed by atoms with Crippen LogP contribution in [0.1, 0.15) is 30.5 Å². The second-order valence-corrected chi connectivity index (χ2v) is 8.94. The molecule has 0 spiro atoms. The van der Waals surface area contributed by atoms with E-state index in [4.69, 9.17) is 9.47 Å². The lowest BCUT2D eigenvalue weighted by atomic mass is 10.2. The Bertz CT molecular complexity index is 1400. The molecule has 0 aliphatic heterocycles. The summed E-state index contributed by atoms with van der Waals surface area (Å²) >= 11 is 2.21. The molecule has 4 aromatic rings. The van der Waals surface area contributed by atoms with Crippen LogP contribution in [0.4, 0.5) is 0 Å². The molecule has 0 aliphatic rings. The summed E-state index contributed by atoms with van der Waals surface area (Å²) in [4.78, 5) is 60.0. The maximum Gasteiger partial charge on any atom is 0.348 e. The van der Waals surface area contributed by atoms with Crippen LogP contribution in [0.15, 0.2) is 22.2 Å². The van der Waals surface area contributed by atoms with Crippen molar-refractivity contribution in [2.45, 2.75) is 26.9 Å². The summed E-state index contributed by atoms with van der Waals surface area (Å²) in [6.07, 6.45) is 2.79. The molecule has 0 unspecified atom stereocenters. The Morgan fingerprint density at radius 1 is 0.812 bits per heavy atom. The zero-order chi connectivity index (χ0) is 23.2. The number of aryl methyl sites for hydroxylation is 4. The third kappa shape index (κ3) is 3.41. The van der Waals surface area contributed by atoms with E-state index in [0.717, 1.165) is 22.7 Å². The molecule has 0 radical (unpaired) electrons. The Balaban J connectivity index is 1.69. The summed E-state index contributed by atoms with van der Waals surface area (Å²) in [6.45, 7) is 3.70. The molecule has 32 heavy (non-hydrogen) atoms. The highest BCUT2D eigenvalue weighted by molar-refractivity contribution is 7.21. The normalized spacial score (nSPS) is 11.2. The van der Waals surface area contributed by atoms with Crippen LogP contribution in [0.5, 0.6) is 0 Å². The predicted octanol–water partition coefficient (Wildman–Crippen LogP) is 2.12. The van der Waals surface area contributed by atoms with Crippen LogP contribution in [0.25, 0.3) is 20.4 Å². The van der Waals surface area contributed by atoms with Crippen molar-refractivity contribution in [1.29, 1.82) is 0 Å². The van der Waals surface area contributed by atoms with E-state index in [9.17, 15) is 19.2 Å². The van der Waals surface area contributed by atoms with Gasteiger partial charge in [0, 0.05) is 13.1 Å². The number of ether oxygens (including phenoxy) is 2. The molecule has 4 rings (SSSR count). The van der Waals surface area contributed by atoms with Crippen molar-refractivity contribution in [2.75, 3.05) is 14.2 Å². The van der Waals surface area contributed by atoms with Gasteiger partial charge in [-0.1, -0.05) is 0 Å². The smallest absolute Gasteiger partial charge is 0.348 e. The summed E-state index contributed by atoms with van der Waals surface area (Å²) in [6, 6.07) is 0. The van der Waals surface area contributed by atoms with E-state index in [-0.39, 0.29) is 24.2 Å². The van der Waals surface area contributed by atoms with Crippen LogP contribution in [0, 0.1) is 13.8 Å². The standard InChI is InChI=1S/C20H18N4O6S2/c1-9-11-15(31-13(9)19(27)29-3)21-7-23(17(11)25)5-6-24-8-22-16-12(18(24)26)10(2)14(32-16)20(28)30-4/h7-8H,5-6H2,1-4H3. The molecule has 4 aromatic heterocycles. The van der Waals surface area contributed by atoms with Crippen molar-refractivity contribution in [3.05, 3.63) is 54.2 Å². The van der Waals surface area contributed by atoms with E-state index in [1.807, 2.05) is 0 Å². The lowest BCUT2D eigenvalue weighted by molar-refractivity contribution is 0.0596. The molecule has 0 aromatic carbocycles. The average Bonchev–Trinajstić information content (AvgIpc) is 3.31. The Labute approximate surface area is 188 Å². The third-order valence-electron chi connectivity index (χ3n) is 5.16. The summed E-state index contributed by atoms with van der Waals surface area (Å²) in [5, 5.41) is 0.713. The lowest BCUT2D eigenvalue weighted by Gasteiger charge is -2.08.